The Hall–Kier alpha value is -0.240. The van der Waals surface area contributed by atoms with Crippen molar-refractivity contribution in [3.8, 4) is 0 Å². The van der Waals surface area contributed by atoms with Crippen LogP contribution in [0.15, 0.2) is 0 Å². The van der Waals surface area contributed by atoms with Crippen LogP contribution >= 0.6 is 11.6 Å². The van der Waals surface area contributed by atoms with Gasteiger partial charge in [0.25, 0.3) is 0 Å². The van der Waals surface area contributed by atoms with E-state index in [2.05, 4.69) is 0 Å². The lowest BCUT2D eigenvalue weighted by Gasteiger charge is -2.05. The van der Waals surface area contributed by atoms with E-state index in [4.69, 9.17) is 16.7 Å². The lowest BCUT2D eigenvalue weighted by Crippen LogP contribution is -2.15. The van der Waals surface area contributed by atoms with E-state index in [1.807, 2.05) is 13.8 Å². The van der Waals surface area contributed by atoms with Gasteiger partial charge >= 0.3 is 5.97 Å². The van der Waals surface area contributed by atoms with Gasteiger partial charge in [-0.1, -0.05) is 13.8 Å². The van der Waals surface area contributed by atoms with Gasteiger partial charge in [-0.05, 0) is 12.3 Å². The predicted molar refractivity (Wildman–Crippen MR) is 36.7 cm³/mol. The number of aliphatic carboxylic acids is 1. The molecule has 0 amide bonds. The minimum atomic E-state index is -0.926. The summed E-state index contributed by atoms with van der Waals surface area (Å²) >= 11 is 5.41. The van der Waals surface area contributed by atoms with Crippen LogP contribution in [0.2, 0.25) is 0 Å². The summed E-state index contributed by atoms with van der Waals surface area (Å²) in [6.45, 7) is 3.89. The molecule has 1 unspecified atom stereocenters. The first-order valence-electron chi connectivity index (χ1n) is 2.91. The van der Waals surface area contributed by atoms with Crippen molar-refractivity contribution in [2.75, 3.05) is 0 Å². The van der Waals surface area contributed by atoms with Crippen LogP contribution in [0.4, 0.5) is 0 Å². The Kier molecular flexibility index (Phi) is 3.62. The van der Waals surface area contributed by atoms with Crippen molar-refractivity contribution in [2.45, 2.75) is 25.6 Å². The van der Waals surface area contributed by atoms with E-state index >= 15 is 0 Å². The second-order valence-corrected chi connectivity index (χ2v) is 2.96. The molecule has 0 aliphatic rings. The molecule has 0 aliphatic heterocycles. The first-order valence-corrected chi connectivity index (χ1v) is 3.34. The molecule has 0 aromatic heterocycles. The van der Waals surface area contributed by atoms with Crippen LogP contribution in [0.25, 0.3) is 0 Å². The van der Waals surface area contributed by atoms with Gasteiger partial charge in [0.2, 0.25) is 0 Å². The number of carboxylic acids is 1. The van der Waals surface area contributed by atoms with Crippen molar-refractivity contribution < 1.29 is 9.90 Å². The Morgan fingerprint density at radius 3 is 2.22 bits per heavy atom. The first-order chi connectivity index (χ1) is 4.04. The molecule has 0 heterocycles. The fourth-order valence-electron chi connectivity index (χ4n) is 0.515. The van der Waals surface area contributed by atoms with Crippen LogP contribution in [-0.4, -0.2) is 16.5 Å². The fraction of sp³-hybridized carbons (Fsp3) is 0.833. The Bertz CT molecular complexity index is 101. The number of halogens is 1. The van der Waals surface area contributed by atoms with Gasteiger partial charge in [0.15, 0.2) is 0 Å². The quantitative estimate of drug-likeness (QED) is 0.623. The van der Waals surface area contributed by atoms with E-state index < -0.39 is 11.3 Å². The van der Waals surface area contributed by atoms with Crippen molar-refractivity contribution in [3.05, 3.63) is 0 Å². The lowest BCUT2D eigenvalue weighted by molar-refractivity contribution is -0.136. The monoisotopic (exact) mass is 150 g/mol. The van der Waals surface area contributed by atoms with Crippen molar-refractivity contribution in [1.82, 2.24) is 0 Å². The van der Waals surface area contributed by atoms with Crippen molar-refractivity contribution in [1.29, 1.82) is 0 Å². The average molecular weight is 151 g/mol. The minimum absolute atomic E-state index is 0.351. The third kappa shape index (κ3) is 4.28. The van der Waals surface area contributed by atoms with Crippen LogP contribution in [0.5, 0.6) is 0 Å². The summed E-state index contributed by atoms with van der Waals surface area (Å²) in [5.41, 5.74) is 0. The lowest BCUT2D eigenvalue weighted by atomic mass is 10.1. The molecule has 3 heteroatoms. The molecule has 54 valence electrons. The highest BCUT2D eigenvalue weighted by Gasteiger charge is 2.14. The maximum atomic E-state index is 10.1. The summed E-state index contributed by atoms with van der Waals surface area (Å²) < 4.78 is 0. The van der Waals surface area contributed by atoms with Gasteiger partial charge in [0, 0.05) is 0 Å². The molecule has 0 rings (SSSR count). The zero-order valence-corrected chi connectivity index (χ0v) is 6.35. The third-order valence-electron chi connectivity index (χ3n) is 0.946. The average Bonchev–Trinajstić information content (AvgIpc) is 1.63. The summed E-state index contributed by atoms with van der Waals surface area (Å²) in [7, 11) is 0. The van der Waals surface area contributed by atoms with Gasteiger partial charge in [-0.15, -0.1) is 11.6 Å². The molecule has 0 fully saturated rings. The van der Waals surface area contributed by atoms with Gasteiger partial charge in [0.05, 0.1) is 0 Å². The summed E-state index contributed by atoms with van der Waals surface area (Å²) in [5, 5.41) is 7.58. The molecule has 0 aliphatic carbocycles. The molecule has 1 N–H and O–H groups in total. The highest BCUT2D eigenvalue weighted by Crippen LogP contribution is 2.09. The largest absolute Gasteiger partial charge is 0.480 e. The number of hydrogen-bond acceptors (Lipinski definition) is 1. The van der Waals surface area contributed by atoms with E-state index in [0.717, 1.165) is 0 Å². The van der Waals surface area contributed by atoms with Crippen molar-refractivity contribution in [3.63, 3.8) is 0 Å². The van der Waals surface area contributed by atoms with Gasteiger partial charge in [-0.3, -0.25) is 4.79 Å². The van der Waals surface area contributed by atoms with Crippen LogP contribution in [0, 0.1) is 5.92 Å². The summed E-state index contributed by atoms with van der Waals surface area (Å²) in [4.78, 5) is 10.1. The molecule has 2 nitrogen and oxygen atoms in total. The third-order valence-corrected chi connectivity index (χ3v) is 1.31. The topological polar surface area (TPSA) is 37.3 Å². The molecule has 0 aromatic rings. The van der Waals surface area contributed by atoms with E-state index in [1.165, 1.54) is 0 Å². The maximum Gasteiger partial charge on any atom is 0.321 e. The molecular formula is C6H11ClO2. The molecule has 1 atom stereocenters. The van der Waals surface area contributed by atoms with Crippen molar-refractivity contribution in [2.24, 2.45) is 5.92 Å². The zero-order chi connectivity index (χ0) is 7.44. The van der Waals surface area contributed by atoms with E-state index in [-0.39, 0.29) is 0 Å². The summed E-state index contributed by atoms with van der Waals surface area (Å²) in [6.07, 6.45) is 0.539. The normalized spacial score (nSPS) is 13.8. The number of carbonyl (C=O) groups is 1. The highest BCUT2D eigenvalue weighted by molar-refractivity contribution is 6.29. The number of rotatable bonds is 3. The summed E-state index contributed by atoms with van der Waals surface area (Å²) in [6, 6.07) is 0. The van der Waals surface area contributed by atoms with Gasteiger partial charge in [-0.2, -0.15) is 0 Å². The second kappa shape index (κ2) is 3.72. The minimum Gasteiger partial charge on any atom is -0.480 e. The predicted octanol–water partition coefficient (Wildman–Crippen LogP) is 1.72. The van der Waals surface area contributed by atoms with Gasteiger partial charge < -0.3 is 5.11 Å². The van der Waals surface area contributed by atoms with Gasteiger partial charge in [0.1, 0.15) is 5.38 Å². The van der Waals surface area contributed by atoms with Gasteiger partial charge in [-0.25, -0.2) is 0 Å². The van der Waals surface area contributed by atoms with Crippen LogP contribution < -0.4 is 0 Å². The van der Waals surface area contributed by atoms with E-state index in [1.54, 1.807) is 0 Å². The first kappa shape index (κ1) is 8.76. The maximum absolute atomic E-state index is 10.1. The molecule has 9 heavy (non-hydrogen) atoms. The Morgan fingerprint density at radius 1 is 1.67 bits per heavy atom. The standard InChI is InChI=1S/C6H11ClO2/c1-4(2)3-5(7)6(8)9/h4-5H,3H2,1-2H3,(H,8,9). The fourth-order valence-corrected chi connectivity index (χ4v) is 0.871. The Morgan fingerprint density at radius 2 is 2.11 bits per heavy atom. The van der Waals surface area contributed by atoms with E-state index in [0.29, 0.717) is 12.3 Å². The number of hydrogen-bond donors (Lipinski definition) is 1. The number of carboxylic acid groups (broad SMARTS) is 1. The molecule has 0 saturated carbocycles. The Labute approximate surface area is 59.8 Å². The molecule has 0 saturated heterocycles. The second-order valence-electron chi connectivity index (χ2n) is 2.44. The van der Waals surface area contributed by atoms with Crippen molar-refractivity contribution >= 4 is 17.6 Å². The molecule has 0 radical (unpaired) electrons. The SMILES string of the molecule is CC(C)CC(Cl)C(=O)O. The zero-order valence-electron chi connectivity index (χ0n) is 5.60. The van der Waals surface area contributed by atoms with Crippen LogP contribution in [0.1, 0.15) is 20.3 Å². The molecule has 0 bridgehead atoms. The molecular weight excluding hydrogens is 140 g/mol. The highest BCUT2D eigenvalue weighted by atomic mass is 35.5. The number of alkyl halides is 1. The molecule has 0 aromatic carbocycles. The molecule has 0 spiro atoms. The van der Waals surface area contributed by atoms with Crippen LogP contribution in [0.3, 0.4) is 0 Å². The smallest absolute Gasteiger partial charge is 0.321 e. The van der Waals surface area contributed by atoms with Crippen LogP contribution in [-0.2, 0) is 4.79 Å². The summed E-state index contributed by atoms with van der Waals surface area (Å²) in [5.74, 6) is -0.575. The Balaban J connectivity index is 3.50. The van der Waals surface area contributed by atoms with E-state index in [9.17, 15) is 4.79 Å².